The van der Waals surface area contributed by atoms with Crippen LogP contribution in [0.5, 0.6) is 0 Å². The number of hydrogen-bond acceptors (Lipinski definition) is 5. The van der Waals surface area contributed by atoms with E-state index in [4.69, 9.17) is 9.84 Å². The number of amides is 1. The van der Waals surface area contributed by atoms with E-state index in [1.807, 2.05) is 0 Å². The average molecular weight is 270 g/mol. The van der Waals surface area contributed by atoms with Crippen LogP contribution in [-0.4, -0.2) is 57.7 Å². The van der Waals surface area contributed by atoms with Crippen molar-refractivity contribution in [2.75, 3.05) is 11.9 Å². The minimum Gasteiger partial charge on any atom is -0.394 e. The average Bonchev–Trinajstić information content (AvgIpc) is 2.45. The van der Waals surface area contributed by atoms with Crippen molar-refractivity contribution >= 4 is 21.8 Å². The van der Waals surface area contributed by atoms with Crippen LogP contribution in [-0.2, 0) is 9.53 Å². The molecule has 0 unspecified atom stereocenters. The fourth-order valence-corrected chi connectivity index (χ4v) is 1.38. The quantitative estimate of drug-likeness (QED) is 0.442. The maximum Gasteiger partial charge on any atom is 0.232 e. The molecule has 0 aliphatic carbocycles. The molecule has 1 saturated heterocycles. The van der Waals surface area contributed by atoms with Gasteiger partial charge in [-0.05, 0) is 0 Å². The van der Waals surface area contributed by atoms with Crippen LogP contribution in [0.4, 0.5) is 0 Å². The molecule has 1 heterocycles. The van der Waals surface area contributed by atoms with Crippen LogP contribution in [0.1, 0.15) is 0 Å². The second kappa shape index (κ2) is 5.04. The molecule has 4 N–H and O–H groups in total. The highest BCUT2D eigenvalue weighted by Gasteiger charge is 2.42. The smallest absolute Gasteiger partial charge is 0.232 e. The van der Waals surface area contributed by atoms with Crippen LogP contribution in [0, 0.1) is 0 Å². The van der Waals surface area contributed by atoms with Gasteiger partial charge in [-0.3, -0.25) is 4.79 Å². The second-order valence-electron chi connectivity index (χ2n) is 2.96. The van der Waals surface area contributed by atoms with Crippen molar-refractivity contribution in [3.63, 3.8) is 0 Å². The molecule has 7 heteroatoms. The number of nitrogens with one attached hydrogen (secondary N) is 1. The van der Waals surface area contributed by atoms with E-state index >= 15 is 0 Å². The van der Waals surface area contributed by atoms with Crippen LogP contribution in [0.15, 0.2) is 0 Å². The van der Waals surface area contributed by atoms with Gasteiger partial charge >= 0.3 is 0 Å². The number of ether oxygens (including phenoxy) is 1. The molecule has 14 heavy (non-hydrogen) atoms. The second-order valence-corrected chi connectivity index (χ2v) is 3.52. The molecular formula is C7H12BrNO5. The Kier molecular flexibility index (Phi) is 4.27. The topological polar surface area (TPSA) is 99.0 Å². The molecule has 82 valence electrons. The largest absolute Gasteiger partial charge is 0.394 e. The molecule has 0 aromatic heterocycles. The maximum absolute atomic E-state index is 10.9. The Balaban J connectivity index is 2.52. The number of rotatable bonds is 3. The van der Waals surface area contributed by atoms with Crippen LogP contribution < -0.4 is 5.32 Å². The van der Waals surface area contributed by atoms with E-state index in [-0.39, 0.29) is 11.2 Å². The van der Waals surface area contributed by atoms with Gasteiger partial charge in [0.2, 0.25) is 5.91 Å². The zero-order valence-electron chi connectivity index (χ0n) is 7.26. The van der Waals surface area contributed by atoms with Crippen LogP contribution in [0.3, 0.4) is 0 Å². The summed E-state index contributed by atoms with van der Waals surface area (Å²) in [5.74, 6) is -0.361. The molecule has 4 atom stereocenters. The van der Waals surface area contributed by atoms with Gasteiger partial charge in [0, 0.05) is 0 Å². The van der Waals surface area contributed by atoms with Crippen LogP contribution >= 0.6 is 15.9 Å². The third-order valence-electron chi connectivity index (χ3n) is 1.97. The fraction of sp³-hybridized carbons (Fsp3) is 0.857. The third kappa shape index (κ3) is 2.43. The van der Waals surface area contributed by atoms with E-state index in [2.05, 4.69) is 21.2 Å². The van der Waals surface area contributed by atoms with Crippen molar-refractivity contribution in [3.05, 3.63) is 0 Å². The summed E-state index contributed by atoms with van der Waals surface area (Å²) >= 11 is 2.93. The summed E-state index contributed by atoms with van der Waals surface area (Å²) in [4.78, 5) is 10.9. The Bertz CT molecular complexity index is 214. The summed E-state index contributed by atoms with van der Waals surface area (Å²) in [5, 5.41) is 29.9. The predicted octanol–water partition coefficient (Wildman–Crippen LogP) is -2.06. The number of aliphatic hydroxyl groups excluding tert-OH is 3. The monoisotopic (exact) mass is 269 g/mol. The molecule has 6 nitrogen and oxygen atoms in total. The van der Waals surface area contributed by atoms with E-state index in [1.165, 1.54) is 0 Å². The normalized spacial score (nSPS) is 37.1. The Hall–Kier alpha value is -0.210. The lowest BCUT2D eigenvalue weighted by Crippen LogP contribution is -2.44. The minimum absolute atomic E-state index is 0.0828. The summed E-state index contributed by atoms with van der Waals surface area (Å²) in [6.45, 7) is -0.404. The van der Waals surface area contributed by atoms with E-state index in [1.54, 1.807) is 0 Å². The van der Waals surface area contributed by atoms with Crippen molar-refractivity contribution in [1.82, 2.24) is 5.32 Å². The van der Waals surface area contributed by atoms with Gasteiger partial charge in [-0.25, -0.2) is 0 Å². The van der Waals surface area contributed by atoms with Crippen molar-refractivity contribution in [3.8, 4) is 0 Å². The molecule has 0 aromatic carbocycles. The van der Waals surface area contributed by atoms with Crippen molar-refractivity contribution in [2.45, 2.75) is 24.5 Å². The van der Waals surface area contributed by atoms with Gasteiger partial charge < -0.3 is 25.4 Å². The van der Waals surface area contributed by atoms with Gasteiger partial charge in [-0.2, -0.15) is 0 Å². The highest BCUT2D eigenvalue weighted by atomic mass is 79.9. The molecule has 0 spiro atoms. The zero-order valence-corrected chi connectivity index (χ0v) is 8.85. The number of aliphatic hydroxyl groups is 3. The molecule has 0 saturated carbocycles. The number of alkyl halides is 1. The predicted molar refractivity (Wildman–Crippen MR) is 49.7 cm³/mol. The highest BCUT2D eigenvalue weighted by molar-refractivity contribution is 9.09. The highest BCUT2D eigenvalue weighted by Crippen LogP contribution is 2.19. The first-order valence-corrected chi connectivity index (χ1v) is 5.20. The van der Waals surface area contributed by atoms with E-state index < -0.39 is 31.1 Å². The third-order valence-corrected chi connectivity index (χ3v) is 2.48. The van der Waals surface area contributed by atoms with Crippen LogP contribution in [0.25, 0.3) is 0 Å². The van der Waals surface area contributed by atoms with Crippen LogP contribution in [0.2, 0.25) is 0 Å². The Morgan fingerprint density at radius 2 is 2.07 bits per heavy atom. The zero-order chi connectivity index (χ0) is 10.7. The standard InChI is InChI=1S/C7H12BrNO5/c8-1-4(11)9-7-6(13)5(12)3(2-10)14-7/h3,5-7,10,12-13H,1-2H2,(H,9,11)/t3-,5-,6+,7+/m0/s1. The summed E-state index contributed by atoms with van der Waals surface area (Å²) < 4.78 is 5.00. The summed E-state index contributed by atoms with van der Waals surface area (Å²) in [6, 6.07) is 0. The minimum atomic E-state index is -1.21. The molecule has 1 aliphatic heterocycles. The van der Waals surface area contributed by atoms with Gasteiger partial charge in [0.1, 0.15) is 18.3 Å². The first kappa shape index (κ1) is 11.9. The Morgan fingerprint density at radius 1 is 1.43 bits per heavy atom. The van der Waals surface area contributed by atoms with Gasteiger partial charge in [0.15, 0.2) is 6.23 Å². The van der Waals surface area contributed by atoms with Gasteiger partial charge in [0.05, 0.1) is 11.9 Å². The summed E-state index contributed by atoms with van der Waals surface area (Å²) in [6.07, 6.45) is -4.21. The number of carbonyl (C=O) groups is 1. The van der Waals surface area contributed by atoms with Crippen molar-refractivity contribution < 1.29 is 24.9 Å². The molecule has 1 aliphatic rings. The molecule has 0 aromatic rings. The molecular weight excluding hydrogens is 258 g/mol. The lowest BCUT2D eigenvalue weighted by molar-refractivity contribution is -0.124. The molecule has 1 amide bonds. The molecule has 1 fully saturated rings. The lowest BCUT2D eigenvalue weighted by Gasteiger charge is -2.15. The van der Waals surface area contributed by atoms with E-state index in [9.17, 15) is 15.0 Å². The first-order chi connectivity index (χ1) is 6.60. The Labute approximate surface area is 89.0 Å². The van der Waals surface area contributed by atoms with Crippen molar-refractivity contribution in [1.29, 1.82) is 0 Å². The Morgan fingerprint density at radius 3 is 2.50 bits per heavy atom. The summed E-state index contributed by atoms with van der Waals surface area (Å²) in [7, 11) is 0. The van der Waals surface area contributed by atoms with Gasteiger partial charge in [-0.15, -0.1) is 0 Å². The summed E-state index contributed by atoms with van der Waals surface area (Å²) in [5.41, 5.74) is 0. The van der Waals surface area contributed by atoms with E-state index in [0.717, 1.165) is 0 Å². The molecule has 0 radical (unpaired) electrons. The van der Waals surface area contributed by atoms with E-state index in [0.29, 0.717) is 0 Å². The number of hydrogen-bond donors (Lipinski definition) is 4. The fourth-order valence-electron chi connectivity index (χ4n) is 1.22. The number of carbonyl (C=O) groups excluding carboxylic acids is 1. The molecule has 1 rings (SSSR count). The van der Waals surface area contributed by atoms with Crippen molar-refractivity contribution in [2.24, 2.45) is 0 Å². The number of halogens is 1. The van der Waals surface area contributed by atoms with Gasteiger partial charge in [-0.1, -0.05) is 15.9 Å². The van der Waals surface area contributed by atoms with Gasteiger partial charge in [0.25, 0.3) is 0 Å². The lowest BCUT2D eigenvalue weighted by atomic mass is 10.1. The maximum atomic E-state index is 10.9. The molecule has 0 bridgehead atoms. The first-order valence-electron chi connectivity index (χ1n) is 4.08. The SMILES string of the molecule is O=C(CBr)N[C@@H]1O[C@@H](CO)[C@H](O)[C@H]1O.